The predicted molar refractivity (Wildman–Crippen MR) is 58.6 cm³/mol. The van der Waals surface area contributed by atoms with Crippen molar-refractivity contribution in [3.8, 4) is 0 Å². The van der Waals surface area contributed by atoms with Crippen LogP contribution < -0.4 is 5.73 Å². The topological polar surface area (TPSA) is 26.0 Å². The molecule has 1 heterocycles. The minimum absolute atomic E-state index is 0.471. The fraction of sp³-hybridized carbons (Fsp3) is 0.400. The minimum Gasteiger partial charge on any atom is -0.330 e. The molecular weight excluding hydrogens is 202 g/mol. The number of hydrogen-bond donors (Lipinski definition) is 1. The van der Waals surface area contributed by atoms with E-state index in [1.165, 1.54) is 10.5 Å². The Hall–Kier alpha value is -0.180. The van der Waals surface area contributed by atoms with Crippen LogP contribution in [0.15, 0.2) is 23.1 Å². The Morgan fingerprint density at radius 2 is 2.31 bits per heavy atom. The maximum Gasteiger partial charge on any atom is 0.0409 e. The Bertz CT molecular complexity index is 327. The smallest absolute Gasteiger partial charge is 0.0409 e. The molecule has 2 N–H and O–H groups in total. The lowest BCUT2D eigenvalue weighted by Crippen LogP contribution is -2.17. The van der Waals surface area contributed by atoms with E-state index < -0.39 is 0 Å². The molecule has 2 rings (SSSR count). The molecule has 0 saturated carbocycles. The summed E-state index contributed by atoms with van der Waals surface area (Å²) < 4.78 is 0. The Kier molecular flexibility index (Phi) is 2.54. The molecule has 0 aliphatic carbocycles. The van der Waals surface area contributed by atoms with Crippen molar-refractivity contribution in [1.82, 2.24) is 0 Å². The molecule has 13 heavy (non-hydrogen) atoms. The van der Waals surface area contributed by atoms with Gasteiger partial charge < -0.3 is 5.73 Å². The summed E-state index contributed by atoms with van der Waals surface area (Å²) >= 11 is 7.84. The maximum atomic E-state index is 5.94. The summed E-state index contributed by atoms with van der Waals surface area (Å²) in [4.78, 5) is 1.34. The second kappa shape index (κ2) is 3.52. The molecule has 3 heteroatoms. The summed E-state index contributed by atoms with van der Waals surface area (Å²) in [5.41, 5.74) is 7.06. The van der Waals surface area contributed by atoms with Crippen LogP contribution in [-0.4, -0.2) is 11.8 Å². The number of benzene rings is 1. The van der Waals surface area contributed by atoms with E-state index in [0.29, 0.717) is 17.7 Å². The van der Waals surface area contributed by atoms with Crippen molar-refractivity contribution in [2.45, 2.75) is 23.0 Å². The van der Waals surface area contributed by atoms with E-state index in [2.05, 4.69) is 13.0 Å². The summed E-state index contributed by atoms with van der Waals surface area (Å²) in [5.74, 6) is 0.471. The van der Waals surface area contributed by atoms with Crippen LogP contribution >= 0.6 is 23.4 Å². The van der Waals surface area contributed by atoms with Crippen LogP contribution in [0.3, 0.4) is 0 Å². The predicted octanol–water partition coefficient (Wildman–Crippen LogP) is 2.88. The first-order valence-corrected chi connectivity index (χ1v) is 5.64. The van der Waals surface area contributed by atoms with Gasteiger partial charge in [0.15, 0.2) is 0 Å². The molecule has 1 aromatic rings. The van der Waals surface area contributed by atoms with E-state index in [0.717, 1.165) is 5.02 Å². The molecule has 2 atom stereocenters. The van der Waals surface area contributed by atoms with Gasteiger partial charge in [0.25, 0.3) is 0 Å². The molecule has 0 saturated heterocycles. The lowest BCUT2D eigenvalue weighted by atomic mass is 9.97. The molecule has 0 spiro atoms. The van der Waals surface area contributed by atoms with Crippen LogP contribution in [0.1, 0.15) is 18.4 Å². The van der Waals surface area contributed by atoms with Gasteiger partial charge in [0, 0.05) is 27.6 Å². The van der Waals surface area contributed by atoms with Gasteiger partial charge in [-0.25, -0.2) is 0 Å². The van der Waals surface area contributed by atoms with Gasteiger partial charge in [-0.05, 0) is 23.8 Å². The van der Waals surface area contributed by atoms with Gasteiger partial charge in [0.1, 0.15) is 0 Å². The number of thioether (sulfide) groups is 1. The largest absolute Gasteiger partial charge is 0.330 e. The minimum atomic E-state index is 0.471. The molecule has 0 fully saturated rings. The molecule has 1 nitrogen and oxygen atoms in total. The van der Waals surface area contributed by atoms with E-state index in [9.17, 15) is 0 Å². The molecular formula is C10H12ClNS. The van der Waals surface area contributed by atoms with Crippen molar-refractivity contribution in [3.63, 3.8) is 0 Å². The molecule has 0 aromatic heterocycles. The van der Waals surface area contributed by atoms with Gasteiger partial charge in [-0.2, -0.15) is 0 Å². The molecule has 0 radical (unpaired) electrons. The Morgan fingerprint density at radius 1 is 1.54 bits per heavy atom. The standard InChI is InChI=1S/C10H12ClNS/c1-6-9(5-12)8-4-7(11)2-3-10(8)13-6/h2-4,6,9H,5,12H2,1H3. The third-order valence-corrected chi connectivity index (χ3v) is 4.07. The number of nitrogens with two attached hydrogens (primary N) is 1. The van der Waals surface area contributed by atoms with E-state index in [1.807, 2.05) is 23.9 Å². The SMILES string of the molecule is CC1Sc2ccc(Cl)cc2C1CN. The van der Waals surface area contributed by atoms with Crippen LogP contribution in [-0.2, 0) is 0 Å². The maximum absolute atomic E-state index is 5.94. The van der Waals surface area contributed by atoms with Gasteiger partial charge in [-0.3, -0.25) is 0 Å². The highest BCUT2D eigenvalue weighted by Gasteiger charge is 2.28. The van der Waals surface area contributed by atoms with E-state index >= 15 is 0 Å². The third kappa shape index (κ3) is 1.58. The molecule has 0 amide bonds. The molecule has 70 valence electrons. The number of hydrogen-bond acceptors (Lipinski definition) is 2. The van der Waals surface area contributed by atoms with Crippen molar-refractivity contribution in [2.24, 2.45) is 5.73 Å². The van der Waals surface area contributed by atoms with Gasteiger partial charge in [-0.1, -0.05) is 18.5 Å². The normalized spacial score (nSPS) is 26.1. The van der Waals surface area contributed by atoms with Gasteiger partial charge >= 0.3 is 0 Å². The first-order valence-electron chi connectivity index (χ1n) is 4.38. The zero-order valence-electron chi connectivity index (χ0n) is 7.46. The van der Waals surface area contributed by atoms with Crippen LogP contribution in [0.4, 0.5) is 0 Å². The second-order valence-corrected chi connectivity index (χ2v) is 5.20. The lowest BCUT2D eigenvalue weighted by molar-refractivity contribution is 0.697. The van der Waals surface area contributed by atoms with Crippen molar-refractivity contribution in [1.29, 1.82) is 0 Å². The molecule has 2 unspecified atom stereocenters. The molecule has 1 aliphatic heterocycles. The van der Waals surface area contributed by atoms with E-state index in [-0.39, 0.29) is 0 Å². The van der Waals surface area contributed by atoms with E-state index in [1.54, 1.807) is 0 Å². The highest BCUT2D eigenvalue weighted by molar-refractivity contribution is 8.00. The molecule has 1 aliphatic rings. The monoisotopic (exact) mass is 213 g/mol. The highest BCUT2D eigenvalue weighted by atomic mass is 35.5. The number of fused-ring (bicyclic) bond motifs is 1. The van der Waals surface area contributed by atoms with Gasteiger partial charge in [0.2, 0.25) is 0 Å². The van der Waals surface area contributed by atoms with Crippen LogP contribution in [0.2, 0.25) is 5.02 Å². The van der Waals surface area contributed by atoms with E-state index in [4.69, 9.17) is 17.3 Å². The highest BCUT2D eigenvalue weighted by Crippen LogP contribution is 2.45. The summed E-state index contributed by atoms with van der Waals surface area (Å²) in [6, 6.07) is 6.08. The molecule has 1 aromatic carbocycles. The van der Waals surface area contributed by atoms with Gasteiger partial charge in [0.05, 0.1) is 0 Å². The Balaban J connectivity index is 2.44. The van der Waals surface area contributed by atoms with Gasteiger partial charge in [-0.15, -0.1) is 11.8 Å². The van der Waals surface area contributed by atoms with Crippen LogP contribution in [0, 0.1) is 0 Å². The number of rotatable bonds is 1. The summed E-state index contributed by atoms with van der Waals surface area (Å²) in [6.07, 6.45) is 0. The zero-order chi connectivity index (χ0) is 9.42. The fourth-order valence-corrected chi connectivity index (χ4v) is 3.27. The van der Waals surface area contributed by atoms with Crippen molar-refractivity contribution in [3.05, 3.63) is 28.8 Å². The Morgan fingerprint density at radius 3 is 3.00 bits per heavy atom. The zero-order valence-corrected chi connectivity index (χ0v) is 9.03. The Labute approximate surface area is 87.7 Å². The summed E-state index contributed by atoms with van der Waals surface area (Å²) in [5, 5.41) is 1.39. The summed E-state index contributed by atoms with van der Waals surface area (Å²) in [6.45, 7) is 2.93. The molecule has 0 bridgehead atoms. The number of halogens is 1. The third-order valence-electron chi connectivity index (χ3n) is 2.50. The van der Waals surface area contributed by atoms with Crippen LogP contribution in [0.5, 0.6) is 0 Å². The average Bonchev–Trinajstić information content (AvgIpc) is 2.40. The van der Waals surface area contributed by atoms with Crippen molar-refractivity contribution >= 4 is 23.4 Å². The van der Waals surface area contributed by atoms with Crippen LogP contribution in [0.25, 0.3) is 0 Å². The average molecular weight is 214 g/mol. The van der Waals surface area contributed by atoms with Crippen molar-refractivity contribution in [2.75, 3.05) is 6.54 Å². The fourth-order valence-electron chi connectivity index (χ4n) is 1.77. The van der Waals surface area contributed by atoms with Crippen molar-refractivity contribution < 1.29 is 0 Å². The first kappa shape index (κ1) is 9.38. The second-order valence-electron chi connectivity index (χ2n) is 3.35. The lowest BCUT2D eigenvalue weighted by Gasteiger charge is -2.12. The quantitative estimate of drug-likeness (QED) is 0.777. The first-order chi connectivity index (χ1) is 6.22. The summed E-state index contributed by atoms with van der Waals surface area (Å²) in [7, 11) is 0.